The van der Waals surface area contributed by atoms with E-state index in [2.05, 4.69) is 37.5 Å². The van der Waals surface area contributed by atoms with Gasteiger partial charge in [-0.05, 0) is 12.8 Å². The predicted octanol–water partition coefficient (Wildman–Crippen LogP) is 0.967. The third-order valence-corrected chi connectivity index (χ3v) is 3.21. The zero-order valence-electron chi connectivity index (χ0n) is 14.0. The van der Waals surface area contributed by atoms with E-state index in [-0.39, 0.29) is 29.9 Å². The molecular weight excluding hydrogens is 411 g/mol. The quantitative estimate of drug-likeness (QED) is 0.196. The highest BCUT2D eigenvalue weighted by atomic mass is 127. The van der Waals surface area contributed by atoms with E-state index in [9.17, 15) is 4.79 Å². The molecule has 2 N–H and O–H groups in total. The Balaban J connectivity index is 0.00000484. The second-order valence-electron chi connectivity index (χ2n) is 4.75. The molecule has 0 spiro atoms. The summed E-state index contributed by atoms with van der Waals surface area (Å²) in [4.78, 5) is 15.1. The van der Waals surface area contributed by atoms with Gasteiger partial charge >= 0.3 is 5.97 Å². The van der Waals surface area contributed by atoms with Crippen molar-refractivity contribution in [2.24, 2.45) is 4.99 Å². The molecule has 0 radical (unpaired) electrons. The molecule has 8 nitrogen and oxygen atoms in total. The Kier molecular flexibility index (Phi) is 12.3. The molecule has 0 atom stereocenters. The second-order valence-corrected chi connectivity index (χ2v) is 4.75. The fraction of sp³-hybridized carbons (Fsp3) is 0.714. The van der Waals surface area contributed by atoms with Crippen LogP contribution in [0.2, 0.25) is 0 Å². The molecule has 1 heterocycles. The number of rotatable bonds is 9. The molecule has 1 rings (SSSR count). The SMILES string of the molecule is CCc1nncn1CCNC(=NC)NCCCCC(=O)OC.I. The fourth-order valence-corrected chi connectivity index (χ4v) is 1.96. The number of carbonyl (C=O) groups is 1. The van der Waals surface area contributed by atoms with Crippen molar-refractivity contribution in [1.29, 1.82) is 0 Å². The van der Waals surface area contributed by atoms with Gasteiger partial charge in [-0.25, -0.2) is 0 Å². The number of aromatic nitrogens is 3. The number of nitrogens with zero attached hydrogens (tertiary/aromatic N) is 4. The highest BCUT2D eigenvalue weighted by molar-refractivity contribution is 14.0. The summed E-state index contributed by atoms with van der Waals surface area (Å²) in [5.74, 6) is 1.57. The summed E-state index contributed by atoms with van der Waals surface area (Å²) in [5.41, 5.74) is 0. The van der Waals surface area contributed by atoms with Gasteiger partial charge < -0.3 is 19.9 Å². The minimum Gasteiger partial charge on any atom is -0.469 e. The van der Waals surface area contributed by atoms with Gasteiger partial charge in [0.2, 0.25) is 0 Å². The number of hydrogen-bond acceptors (Lipinski definition) is 5. The van der Waals surface area contributed by atoms with Gasteiger partial charge in [0.05, 0.1) is 7.11 Å². The van der Waals surface area contributed by atoms with Crippen LogP contribution in [0.15, 0.2) is 11.3 Å². The van der Waals surface area contributed by atoms with Crippen molar-refractivity contribution >= 4 is 35.9 Å². The lowest BCUT2D eigenvalue weighted by Crippen LogP contribution is -2.39. The van der Waals surface area contributed by atoms with Crippen LogP contribution in [0.4, 0.5) is 0 Å². The van der Waals surface area contributed by atoms with Gasteiger partial charge in [0.15, 0.2) is 5.96 Å². The number of aryl methyl sites for hydroxylation is 1. The van der Waals surface area contributed by atoms with Crippen molar-refractivity contribution in [3.05, 3.63) is 12.2 Å². The number of hydrogen-bond donors (Lipinski definition) is 2. The highest BCUT2D eigenvalue weighted by Crippen LogP contribution is 1.96. The lowest BCUT2D eigenvalue weighted by Gasteiger charge is -2.12. The normalized spacial score (nSPS) is 10.8. The molecule has 9 heteroatoms. The Hall–Kier alpha value is -1.39. The van der Waals surface area contributed by atoms with Crippen LogP contribution < -0.4 is 10.6 Å². The van der Waals surface area contributed by atoms with Crippen molar-refractivity contribution < 1.29 is 9.53 Å². The van der Waals surface area contributed by atoms with Crippen LogP contribution in [0.1, 0.15) is 32.0 Å². The summed E-state index contributed by atoms with van der Waals surface area (Å²) >= 11 is 0. The first-order chi connectivity index (χ1) is 10.7. The van der Waals surface area contributed by atoms with Gasteiger partial charge in [0.1, 0.15) is 12.2 Å². The van der Waals surface area contributed by atoms with E-state index < -0.39 is 0 Å². The van der Waals surface area contributed by atoms with E-state index in [0.29, 0.717) is 6.42 Å². The Morgan fingerprint density at radius 2 is 2.09 bits per heavy atom. The second kappa shape index (κ2) is 13.1. The zero-order valence-corrected chi connectivity index (χ0v) is 16.4. The summed E-state index contributed by atoms with van der Waals surface area (Å²) in [5, 5.41) is 14.4. The van der Waals surface area contributed by atoms with Crippen molar-refractivity contribution in [2.45, 2.75) is 39.2 Å². The predicted molar refractivity (Wildman–Crippen MR) is 100 cm³/mol. The van der Waals surface area contributed by atoms with Crippen molar-refractivity contribution in [2.75, 3.05) is 27.2 Å². The highest BCUT2D eigenvalue weighted by Gasteiger charge is 2.03. The van der Waals surface area contributed by atoms with E-state index in [1.54, 1.807) is 13.4 Å². The van der Waals surface area contributed by atoms with Gasteiger partial charge in [-0.15, -0.1) is 34.2 Å². The largest absolute Gasteiger partial charge is 0.469 e. The molecule has 0 bridgehead atoms. The molecule has 23 heavy (non-hydrogen) atoms. The minimum absolute atomic E-state index is 0. The summed E-state index contributed by atoms with van der Waals surface area (Å²) in [6.07, 6.45) is 4.76. The van der Waals surface area contributed by atoms with Gasteiger partial charge in [-0.2, -0.15) is 0 Å². The number of aliphatic imine (C=N–C) groups is 1. The number of esters is 1. The maximum atomic E-state index is 11.0. The number of unbranched alkanes of at least 4 members (excludes halogenated alkanes) is 1. The summed E-state index contributed by atoms with van der Waals surface area (Å²) in [7, 11) is 3.14. The summed E-state index contributed by atoms with van der Waals surface area (Å²) < 4.78 is 6.62. The van der Waals surface area contributed by atoms with Crippen LogP contribution in [0.25, 0.3) is 0 Å². The van der Waals surface area contributed by atoms with Gasteiger partial charge in [-0.1, -0.05) is 6.92 Å². The first-order valence-electron chi connectivity index (χ1n) is 7.59. The van der Waals surface area contributed by atoms with Crippen molar-refractivity contribution in [3.63, 3.8) is 0 Å². The monoisotopic (exact) mass is 438 g/mol. The topological polar surface area (TPSA) is 93.4 Å². The van der Waals surface area contributed by atoms with Crippen LogP contribution in [-0.2, 0) is 22.5 Å². The average molecular weight is 438 g/mol. The van der Waals surface area contributed by atoms with Crippen LogP contribution in [0.3, 0.4) is 0 Å². The number of nitrogens with one attached hydrogen (secondary N) is 2. The number of carbonyl (C=O) groups excluding carboxylic acids is 1. The Labute approximate surface area is 154 Å². The third kappa shape index (κ3) is 8.72. The maximum Gasteiger partial charge on any atom is 0.305 e. The Bertz CT molecular complexity index is 478. The standard InChI is InChI=1S/C14H26N6O2.HI/c1-4-12-19-18-11-20(12)10-9-17-14(15-2)16-8-6-5-7-13(21)22-3;/h11H,4-10H2,1-3H3,(H2,15,16,17);1H. The third-order valence-electron chi connectivity index (χ3n) is 3.21. The van der Waals surface area contributed by atoms with E-state index >= 15 is 0 Å². The number of halogens is 1. The molecule has 1 aromatic rings. The zero-order chi connectivity index (χ0) is 16.2. The molecule has 0 saturated carbocycles. The van der Waals surface area contributed by atoms with Gasteiger partial charge in [-0.3, -0.25) is 9.79 Å². The van der Waals surface area contributed by atoms with Crippen LogP contribution in [-0.4, -0.2) is 53.9 Å². The molecule has 0 unspecified atom stereocenters. The molecule has 0 saturated heterocycles. The molecule has 132 valence electrons. The van der Waals surface area contributed by atoms with Crippen LogP contribution >= 0.6 is 24.0 Å². The first kappa shape index (κ1) is 21.6. The summed E-state index contributed by atoms with van der Waals surface area (Å²) in [6, 6.07) is 0. The van der Waals surface area contributed by atoms with Gasteiger partial charge in [0.25, 0.3) is 0 Å². The Morgan fingerprint density at radius 3 is 2.74 bits per heavy atom. The molecule has 1 aromatic heterocycles. The minimum atomic E-state index is -0.164. The van der Waals surface area contributed by atoms with Crippen LogP contribution in [0, 0.1) is 0 Å². The molecule has 0 aliphatic rings. The van der Waals surface area contributed by atoms with Crippen LogP contribution in [0.5, 0.6) is 0 Å². The van der Waals surface area contributed by atoms with E-state index in [4.69, 9.17) is 0 Å². The molecule has 0 amide bonds. The van der Waals surface area contributed by atoms with E-state index in [1.165, 1.54) is 7.11 Å². The van der Waals surface area contributed by atoms with E-state index in [1.807, 2.05) is 4.57 Å². The Morgan fingerprint density at radius 1 is 1.35 bits per heavy atom. The van der Waals surface area contributed by atoms with Crippen molar-refractivity contribution in [3.8, 4) is 0 Å². The number of methoxy groups -OCH3 is 1. The summed E-state index contributed by atoms with van der Waals surface area (Å²) in [6.45, 7) is 4.36. The molecule has 0 fully saturated rings. The first-order valence-corrected chi connectivity index (χ1v) is 7.59. The smallest absolute Gasteiger partial charge is 0.305 e. The average Bonchev–Trinajstić information content (AvgIpc) is 2.99. The molecule has 0 aromatic carbocycles. The maximum absolute atomic E-state index is 11.0. The number of ether oxygens (including phenoxy) is 1. The molecule has 0 aliphatic carbocycles. The lowest BCUT2D eigenvalue weighted by atomic mass is 10.2. The number of guanidine groups is 1. The van der Waals surface area contributed by atoms with Crippen molar-refractivity contribution in [1.82, 2.24) is 25.4 Å². The molecular formula is C14H27IN6O2. The molecule has 0 aliphatic heterocycles. The van der Waals surface area contributed by atoms with E-state index in [0.717, 1.165) is 50.7 Å². The lowest BCUT2D eigenvalue weighted by molar-refractivity contribution is -0.140. The van der Waals surface area contributed by atoms with Gasteiger partial charge in [0, 0.05) is 39.5 Å². The fourth-order valence-electron chi connectivity index (χ4n) is 1.96.